The van der Waals surface area contributed by atoms with E-state index < -0.39 is 8.32 Å². The standard InChI is InChI=1S/C23H40O3Si/c1-17(2)27(18(3)4,19(5)6)26-22-12-9-20(7)11-14-23(24)25-16-15-21(8)10-13-22/h10-11,13-15,17-20,22H,9,12,16H2,1-8H3/b13-10+,14-11+,21-15-/t20-,22-/m0/s1. The molecule has 0 aromatic heterocycles. The first-order valence-corrected chi connectivity index (χ1v) is 12.6. The summed E-state index contributed by atoms with van der Waals surface area (Å²) < 4.78 is 12.2. The minimum Gasteiger partial charge on any atom is -0.458 e. The Morgan fingerprint density at radius 1 is 1.00 bits per heavy atom. The zero-order valence-electron chi connectivity index (χ0n) is 18.6. The van der Waals surface area contributed by atoms with Crippen molar-refractivity contribution in [2.75, 3.05) is 6.61 Å². The molecule has 0 saturated carbocycles. The lowest BCUT2D eigenvalue weighted by Crippen LogP contribution is -2.50. The lowest BCUT2D eigenvalue weighted by Gasteiger charge is -2.44. The van der Waals surface area contributed by atoms with Crippen molar-refractivity contribution in [2.24, 2.45) is 5.92 Å². The van der Waals surface area contributed by atoms with Crippen molar-refractivity contribution in [1.29, 1.82) is 0 Å². The van der Waals surface area contributed by atoms with E-state index in [4.69, 9.17) is 9.16 Å². The Labute approximate surface area is 168 Å². The molecule has 0 aliphatic carbocycles. The number of ether oxygens (including phenoxy) is 1. The average Bonchev–Trinajstić information content (AvgIpc) is 2.58. The van der Waals surface area contributed by atoms with Gasteiger partial charge in [-0.25, -0.2) is 4.79 Å². The number of rotatable bonds is 5. The van der Waals surface area contributed by atoms with Gasteiger partial charge in [-0.2, -0.15) is 0 Å². The predicted octanol–water partition coefficient (Wildman–Crippen LogP) is 6.58. The van der Waals surface area contributed by atoms with Crippen LogP contribution in [-0.4, -0.2) is 27.0 Å². The van der Waals surface area contributed by atoms with Crippen molar-refractivity contribution in [3.63, 3.8) is 0 Å². The second-order valence-electron chi connectivity index (χ2n) is 8.83. The molecule has 0 unspecified atom stereocenters. The Balaban J connectivity index is 3.14. The molecule has 27 heavy (non-hydrogen) atoms. The van der Waals surface area contributed by atoms with E-state index in [2.05, 4.69) is 60.6 Å². The highest BCUT2D eigenvalue weighted by atomic mass is 28.4. The van der Waals surface area contributed by atoms with E-state index in [1.807, 2.05) is 19.1 Å². The molecule has 154 valence electrons. The van der Waals surface area contributed by atoms with Gasteiger partial charge < -0.3 is 9.16 Å². The minimum atomic E-state index is -1.94. The number of hydrogen-bond donors (Lipinski definition) is 0. The Bertz CT molecular complexity index is 536. The number of cyclic esters (lactones) is 1. The van der Waals surface area contributed by atoms with Crippen LogP contribution in [0, 0.1) is 5.92 Å². The lowest BCUT2D eigenvalue weighted by molar-refractivity contribution is -0.136. The van der Waals surface area contributed by atoms with Gasteiger partial charge in [0.15, 0.2) is 0 Å². The topological polar surface area (TPSA) is 35.5 Å². The van der Waals surface area contributed by atoms with E-state index >= 15 is 0 Å². The van der Waals surface area contributed by atoms with Crippen LogP contribution in [0.25, 0.3) is 0 Å². The van der Waals surface area contributed by atoms with Crippen molar-refractivity contribution in [2.45, 2.75) is 91.0 Å². The minimum absolute atomic E-state index is 0.112. The monoisotopic (exact) mass is 392 g/mol. The Morgan fingerprint density at radius 3 is 2.15 bits per heavy atom. The predicted molar refractivity (Wildman–Crippen MR) is 117 cm³/mol. The van der Waals surface area contributed by atoms with Gasteiger partial charge in [-0.3, -0.25) is 0 Å². The van der Waals surface area contributed by atoms with Crippen molar-refractivity contribution in [3.05, 3.63) is 36.0 Å². The quantitative estimate of drug-likeness (QED) is 0.391. The molecule has 0 spiro atoms. The molecule has 1 aliphatic rings. The summed E-state index contributed by atoms with van der Waals surface area (Å²) in [5.74, 6) is 0.0489. The third kappa shape index (κ3) is 7.08. The van der Waals surface area contributed by atoms with Gasteiger partial charge in [-0.1, -0.05) is 72.3 Å². The van der Waals surface area contributed by atoms with E-state index in [-0.39, 0.29) is 12.1 Å². The van der Waals surface area contributed by atoms with Crippen molar-refractivity contribution in [1.82, 2.24) is 0 Å². The third-order valence-corrected chi connectivity index (χ3v) is 11.9. The first-order chi connectivity index (χ1) is 12.6. The zero-order chi connectivity index (χ0) is 20.6. The van der Waals surface area contributed by atoms with Gasteiger partial charge in [0.25, 0.3) is 0 Å². The molecule has 4 heteroatoms. The Hall–Kier alpha value is -1.13. The SMILES string of the molecule is CC1=C/COC(=O)/C=C/[C@@H](C)CC[C@H](O[Si](C(C)C)(C(C)C)C(C)C)\C=C\1. The highest BCUT2D eigenvalue weighted by molar-refractivity contribution is 6.77. The molecular formula is C23H40O3Si. The number of hydrogen-bond acceptors (Lipinski definition) is 3. The van der Waals surface area contributed by atoms with Crippen molar-refractivity contribution < 1.29 is 14.0 Å². The van der Waals surface area contributed by atoms with Crippen LogP contribution in [0.2, 0.25) is 16.6 Å². The maximum absolute atomic E-state index is 11.7. The summed E-state index contributed by atoms with van der Waals surface area (Å²) in [7, 11) is -1.94. The van der Waals surface area contributed by atoms with Gasteiger partial charge in [0.2, 0.25) is 8.32 Å². The van der Waals surface area contributed by atoms with E-state index in [0.717, 1.165) is 18.4 Å². The second-order valence-corrected chi connectivity index (χ2v) is 14.2. The molecule has 0 amide bonds. The molecule has 0 saturated heterocycles. The fraction of sp³-hybridized carbons (Fsp3) is 0.696. The van der Waals surface area contributed by atoms with E-state index in [1.54, 1.807) is 6.08 Å². The maximum Gasteiger partial charge on any atom is 0.330 e. The molecule has 0 bridgehead atoms. The first-order valence-electron chi connectivity index (χ1n) is 10.5. The van der Waals surface area contributed by atoms with Crippen LogP contribution in [0.5, 0.6) is 0 Å². The average molecular weight is 393 g/mol. The van der Waals surface area contributed by atoms with Crippen LogP contribution in [0.3, 0.4) is 0 Å². The lowest BCUT2D eigenvalue weighted by atomic mass is 10.0. The number of carbonyl (C=O) groups is 1. The molecule has 1 heterocycles. The summed E-state index contributed by atoms with van der Waals surface area (Å²) in [5, 5.41) is 0. The molecule has 0 fully saturated rings. The summed E-state index contributed by atoms with van der Waals surface area (Å²) >= 11 is 0. The van der Waals surface area contributed by atoms with Gasteiger partial charge in [0.1, 0.15) is 6.61 Å². The highest BCUT2D eigenvalue weighted by Crippen LogP contribution is 2.43. The van der Waals surface area contributed by atoms with Gasteiger partial charge in [0.05, 0.1) is 6.10 Å². The molecule has 1 rings (SSSR count). The van der Waals surface area contributed by atoms with Crippen LogP contribution >= 0.6 is 0 Å². The number of carbonyl (C=O) groups excluding carboxylic acids is 1. The summed E-state index contributed by atoms with van der Waals surface area (Å²) in [6.07, 6.45) is 11.9. The van der Waals surface area contributed by atoms with Crippen LogP contribution < -0.4 is 0 Å². The summed E-state index contributed by atoms with van der Waals surface area (Å²) in [5.41, 5.74) is 2.79. The second kappa shape index (κ2) is 11.0. The van der Waals surface area contributed by atoms with Crippen LogP contribution in [0.4, 0.5) is 0 Å². The third-order valence-electron chi connectivity index (χ3n) is 5.73. The Kier molecular flexibility index (Phi) is 9.75. The molecule has 2 atom stereocenters. The zero-order valence-corrected chi connectivity index (χ0v) is 19.6. The molecule has 0 aromatic rings. The maximum atomic E-state index is 11.7. The summed E-state index contributed by atoms with van der Waals surface area (Å²) in [6, 6.07) is 0. The fourth-order valence-electron chi connectivity index (χ4n) is 4.26. The van der Waals surface area contributed by atoms with Crippen molar-refractivity contribution in [3.8, 4) is 0 Å². The summed E-state index contributed by atoms with van der Waals surface area (Å²) in [4.78, 5) is 11.7. The van der Waals surface area contributed by atoms with E-state index in [0.29, 0.717) is 29.1 Å². The largest absolute Gasteiger partial charge is 0.458 e. The van der Waals surface area contributed by atoms with Gasteiger partial charge in [-0.15, -0.1) is 0 Å². The van der Waals surface area contributed by atoms with Crippen LogP contribution in [0.1, 0.15) is 68.2 Å². The molecule has 0 aromatic carbocycles. The molecule has 3 nitrogen and oxygen atoms in total. The van der Waals surface area contributed by atoms with E-state index in [9.17, 15) is 4.79 Å². The van der Waals surface area contributed by atoms with E-state index in [1.165, 1.54) is 0 Å². The van der Waals surface area contributed by atoms with Crippen molar-refractivity contribution >= 4 is 14.3 Å². The smallest absolute Gasteiger partial charge is 0.330 e. The first kappa shape index (κ1) is 23.9. The van der Waals surface area contributed by atoms with Crippen LogP contribution in [-0.2, 0) is 14.0 Å². The molecular weight excluding hydrogens is 352 g/mol. The van der Waals surface area contributed by atoms with Gasteiger partial charge in [0, 0.05) is 6.08 Å². The number of allylic oxidation sites excluding steroid dienone is 3. The summed E-state index contributed by atoms with van der Waals surface area (Å²) in [6.45, 7) is 18.5. The Morgan fingerprint density at radius 2 is 1.59 bits per heavy atom. The molecule has 0 radical (unpaired) electrons. The highest BCUT2D eigenvalue weighted by Gasteiger charge is 2.46. The number of esters is 1. The van der Waals surface area contributed by atoms with Gasteiger partial charge in [-0.05, 0) is 48.4 Å². The molecule has 0 N–H and O–H groups in total. The normalized spacial score (nSPS) is 27.4. The molecule has 1 aliphatic heterocycles. The fourth-order valence-corrected chi connectivity index (χ4v) is 9.80. The van der Waals surface area contributed by atoms with Gasteiger partial charge >= 0.3 is 5.97 Å². The van der Waals surface area contributed by atoms with Crippen LogP contribution in [0.15, 0.2) is 36.0 Å².